The number of carbonyl (C=O) groups is 3. The Labute approximate surface area is 143 Å². The van der Waals surface area contributed by atoms with E-state index >= 15 is 0 Å². The van der Waals surface area contributed by atoms with Crippen molar-refractivity contribution in [3.8, 4) is 0 Å². The smallest absolute Gasteiger partial charge is 0.324 e. The first kappa shape index (κ1) is 16.1. The van der Waals surface area contributed by atoms with Crippen molar-refractivity contribution in [3.63, 3.8) is 0 Å². The number of benzene rings is 1. The quantitative estimate of drug-likeness (QED) is 0.826. The van der Waals surface area contributed by atoms with Crippen LogP contribution in [0, 0.1) is 0 Å². The lowest BCUT2D eigenvalue weighted by Crippen LogP contribution is -2.49. The number of amides is 4. The molecule has 1 N–H and O–H groups in total. The zero-order valence-electron chi connectivity index (χ0n) is 12.2. The summed E-state index contributed by atoms with van der Waals surface area (Å²) in [4.78, 5) is 38.9. The second kappa shape index (κ2) is 6.37. The summed E-state index contributed by atoms with van der Waals surface area (Å²) in [5.74, 6) is -0.372. The highest BCUT2D eigenvalue weighted by atomic mass is 35.5. The highest BCUT2D eigenvalue weighted by Gasteiger charge is 2.37. The van der Waals surface area contributed by atoms with Gasteiger partial charge in [0.1, 0.15) is 0 Å². The van der Waals surface area contributed by atoms with E-state index in [0.29, 0.717) is 41.5 Å². The highest BCUT2D eigenvalue weighted by molar-refractivity contribution is 6.36. The number of nitrogens with zero attached hydrogens (tertiary/aromatic N) is 2. The van der Waals surface area contributed by atoms with E-state index in [9.17, 15) is 14.4 Å². The second-order valence-electron chi connectivity index (χ2n) is 5.57. The molecule has 23 heavy (non-hydrogen) atoms. The van der Waals surface area contributed by atoms with Crippen LogP contribution >= 0.6 is 23.2 Å². The number of rotatable bonds is 2. The van der Waals surface area contributed by atoms with E-state index < -0.39 is 0 Å². The number of likely N-dealkylation sites (tertiary alicyclic amines) is 1. The van der Waals surface area contributed by atoms with E-state index in [1.807, 2.05) is 0 Å². The zero-order chi connectivity index (χ0) is 16.6. The fourth-order valence-electron chi connectivity index (χ4n) is 2.96. The molecule has 2 aliphatic heterocycles. The lowest BCUT2D eigenvalue weighted by Gasteiger charge is -2.35. The summed E-state index contributed by atoms with van der Waals surface area (Å²) < 4.78 is 0. The van der Waals surface area contributed by atoms with E-state index in [4.69, 9.17) is 23.2 Å². The summed E-state index contributed by atoms with van der Waals surface area (Å²) >= 11 is 11.9. The van der Waals surface area contributed by atoms with Gasteiger partial charge >= 0.3 is 6.03 Å². The molecule has 4 amide bonds. The molecule has 2 saturated heterocycles. The maximum Gasteiger partial charge on any atom is 0.324 e. The molecular formula is C15H15Cl2N3O3. The van der Waals surface area contributed by atoms with Crippen LogP contribution in [0.15, 0.2) is 18.2 Å². The van der Waals surface area contributed by atoms with Crippen molar-refractivity contribution in [2.75, 3.05) is 19.6 Å². The molecule has 0 atom stereocenters. The van der Waals surface area contributed by atoms with E-state index in [2.05, 4.69) is 5.32 Å². The maximum atomic E-state index is 12.5. The predicted molar refractivity (Wildman–Crippen MR) is 85.6 cm³/mol. The van der Waals surface area contributed by atoms with Gasteiger partial charge in [-0.2, -0.15) is 0 Å². The minimum atomic E-state index is -0.347. The predicted octanol–water partition coefficient (Wildman–Crippen LogP) is 2.15. The third-order valence-corrected chi connectivity index (χ3v) is 4.70. The molecule has 0 bridgehead atoms. The van der Waals surface area contributed by atoms with E-state index in [1.165, 1.54) is 11.0 Å². The number of halogens is 2. The number of carbonyl (C=O) groups excluding carboxylic acids is 3. The van der Waals surface area contributed by atoms with Crippen molar-refractivity contribution >= 4 is 41.0 Å². The van der Waals surface area contributed by atoms with Crippen LogP contribution in [-0.4, -0.2) is 53.3 Å². The molecule has 0 aromatic heterocycles. The fraction of sp³-hybridized carbons (Fsp3) is 0.400. The Hall–Kier alpha value is -1.79. The Morgan fingerprint density at radius 1 is 1.17 bits per heavy atom. The van der Waals surface area contributed by atoms with Crippen molar-refractivity contribution in [3.05, 3.63) is 33.8 Å². The molecule has 0 unspecified atom stereocenters. The van der Waals surface area contributed by atoms with E-state index in [-0.39, 0.29) is 30.4 Å². The number of hydrogen-bond donors (Lipinski definition) is 1. The summed E-state index contributed by atoms with van der Waals surface area (Å²) in [7, 11) is 0. The van der Waals surface area contributed by atoms with Gasteiger partial charge in [-0.05, 0) is 31.0 Å². The number of imide groups is 1. The Balaban J connectivity index is 1.65. The van der Waals surface area contributed by atoms with Crippen LogP contribution in [0.5, 0.6) is 0 Å². The molecule has 2 heterocycles. The van der Waals surface area contributed by atoms with Gasteiger partial charge in [0.05, 0.1) is 17.1 Å². The van der Waals surface area contributed by atoms with Crippen LogP contribution in [0.2, 0.25) is 10.0 Å². The monoisotopic (exact) mass is 355 g/mol. The first-order valence-electron chi connectivity index (χ1n) is 7.31. The van der Waals surface area contributed by atoms with E-state index in [1.54, 1.807) is 17.0 Å². The third kappa shape index (κ3) is 3.14. The lowest BCUT2D eigenvalue weighted by atomic mass is 10.0. The molecule has 0 radical (unpaired) electrons. The fourth-order valence-corrected chi connectivity index (χ4v) is 3.45. The first-order valence-corrected chi connectivity index (χ1v) is 8.07. The molecule has 2 aliphatic rings. The SMILES string of the molecule is O=C(c1ccc(Cl)cc1Cl)N1CCC(N2C(=O)CNC2=O)CC1. The maximum absolute atomic E-state index is 12.5. The van der Waals surface area contributed by atoms with Crippen molar-refractivity contribution in [2.24, 2.45) is 0 Å². The van der Waals surface area contributed by atoms with Gasteiger partial charge in [0.2, 0.25) is 5.91 Å². The van der Waals surface area contributed by atoms with Gasteiger partial charge < -0.3 is 10.2 Å². The molecular weight excluding hydrogens is 341 g/mol. The van der Waals surface area contributed by atoms with Gasteiger partial charge in [-0.15, -0.1) is 0 Å². The van der Waals surface area contributed by atoms with Crippen molar-refractivity contribution < 1.29 is 14.4 Å². The minimum Gasteiger partial charge on any atom is -0.338 e. The zero-order valence-corrected chi connectivity index (χ0v) is 13.7. The average Bonchev–Trinajstić information content (AvgIpc) is 2.86. The first-order chi connectivity index (χ1) is 11.0. The normalized spacial score (nSPS) is 19.2. The van der Waals surface area contributed by atoms with Gasteiger partial charge in [0.15, 0.2) is 0 Å². The minimum absolute atomic E-state index is 0.0539. The number of urea groups is 1. The number of piperidine rings is 1. The molecule has 122 valence electrons. The molecule has 0 saturated carbocycles. The molecule has 8 heteroatoms. The molecule has 1 aromatic carbocycles. The molecule has 1 aromatic rings. The Kier molecular flexibility index (Phi) is 4.46. The third-order valence-electron chi connectivity index (χ3n) is 4.16. The number of nitrogens with one attached hydrogen (secondary N) is 1. The van der Waals surface area contributed by atoms with Crippen molar-refractivity contribution in [1.29, 1.82) is 0 Å². The van der Waals surface area contributed by atoms with Crippen LogP contribution in [-0.2, 0) is 4.79 Å². The Morgan fingerprint density at radius 3 is 2.43 bits per heavy atom. The Bertz CT molecular complexity index is 656. The second-order valence-corrected chi connectivity index (χ2v) is 6.41. The lowest BCUT2D eigenvalue weighted by molar-refractivity contribution is -0.127. The van der Waals surface area contributed by atoms with Crippen LogP contribution in [0.1, 0.15) is 23.2 Å². The average molecular weight is 356 g/mol. The highest BCUT2D eigenvalue weighted by Crippen LogP contribution is 2.25. The summed E-state index contributed by atoms with van der Waals surface area (Å²) in [6.45, 7) is 0.997. The van der Waals surface area contributed by atoms with Gasteiger partial charge in [0, 0.05) is 24.2 Å². The van der Waals surface area contributed by atoms with E-state index in [0.717, 1.165) is 0 Å². The van der Waals surface area contributed by atoms with Gasteiger partial charge in [-0.1, -0.05) is 23.2 Å². The summed E-state index contributed by atoms with van der Waals surface area (Å²) in [5, 5.41) is 3.31. The Morgan fingerprint density at radius 2 is 1.87 bits per heavy atom. The molecule has 3 rings (SSSR count). The molecule has 0 aliphatic carbocycles. The van der Waals surface area contributed by atoms with Crippen LogP contribution in [0.25, 0.3) is 0 Å². The van der Waals surface area contributed by atoms with Crippen LogP contribution in [0.3, 0.4) is 0 Å². The van der Waals surface area contributed by atoms with Gasteiger partial charge in [-0.3, -0.25) is 14.5 Å². The summed E-state index contributed by atoms with van der Waals surface area (Å²) in [6, 6.07) is 4.27. The topological polar surface area (TPSA) is 69.7 Å². The van der Waals surface area contributed by atoms with Crippen LogP contribution in [0.4, 0.5) is 4.79 Å². The van der Waals surface area contributed by atoms with Gasteiger partial charge in [-0.25, -0.2) is 4.79 Å². The number of hydrogen-bond acceptors (Lipinski definition) is 3. The molecule has 0 spiro atoms. The van der Waals surface area contributed by atoms with Crippen LogP contribution < -0.4 is 5.32 Å². The van der Waals surface area contributed by atoms with Crippen molar-refractivity contribution in [2.45, 2.75) is 18.9 Å². The largest absolute Gasteiger partial charge is 0.338 e. The van der Waals surface area contributed by atoms with Gasteiger partial charge in [0.25, 0.3) is 5.91 Å². The standard InChI is InChI=1S/C15H15Cl2N3O3/c16-9-1-2-11(12(17)7-9)14(22)19-5-3-10(4-6-19)20-13(21)8-18-15(20)23/h1-2,7,10H,3-6,8H2,(H,18,23). The molecule has 2 fully saturated rings. The summed E-state index contributed by atoms with van der Waals surface area (Å²) in [6.07, 6.45) is 1.13. The van der Waals surface area contributed by atoms with Crippen molar-refractivity contribution in [1.82, 2.24) is 15.1 Å². The summed E-state index contributed by atoms with van der Waals surface area (Å²) in [5.41, 5.74) is 0.407. The molecule has 6 nitrogen and oxygen atoms in total.